The maximum absolute atomic E-state index is 9.66. The summed E-state index contributed by atoms with van der Waals surface area (Å²) in [6.07, 6.45) is 6.96. The van der Waals surface area contributed by atoms with E-state index < -0.39 is 19.0 Å². The van der Waals surface area contributed by atoms with Crippen molar-refractivity contribution >= 4 is 0 Å². The van der Waals surface area contributed by atoms with Crippen LogP contribution in [0.2, 0.25) is 0 Å². The molecule has 0 saturated heterocycles. The molecule has 4 nitrogen and oxygen atoms in total. The SMILES string of the molecule is CCCCCCCCCc1ccccc1OC(O)C(O)CO. The second-order valence-corrected chi connectivity index (χ2v) is 5.74. The lowest BCUT2D eigenvalue weighted by Crippen LogP contribution is -2.34. The first kappa shape index (κ1) is 18.9. The van der Waals surface area contributed by atoms with Gasteiger partial charge in [-0.05, 0) is 24.5 Å². The highest BCUT2D eigenvalue weighted by Gasteiger charge is 2.17. The first-order valence-electron chi connectivity index (χ1n) is 8.40. The van der Waals surface area contributed by atoms with Gasteiger partial charge in [0.25, 0.3) is 0 Å². The Labute approximate surface area is 133 Å². The molecule has 0 amide bonds. The number of unbranched alkanes of at least 4 members (excludes halogenated alkanes) is 6. The van der Waals surface area contributed by atoms with Gasteiger partial charge in [0.1, 0.15) is 11.9 Å². The molecule has 0 aliphatic rings. The van der Waals surface area contributed by atoms with Crippen molar-refractivity contribution in [3.05, 3.63) is 29.8 Å². The van der Waals surface area contributed by atoms with E-state index in [1.165, 1.54) is 38.5 Å². The molecule has 0 radical (unpaired) electrons. The quantitative estimate of drug-likeness (QED) is 0.410. The zero-order valence-electron chi connectivity index (χ0n) is 13.6. The molecule has 0 aliphatic carbocycles. The van der Waals surface area contributed by atoms with Crippen molar-refractivity contribution in [1.82, 2.24) is 0 Å². The topological polar surface area (TPSA) is 69.9 Å². The van der Waals surface area contributed by atoms with Crippen molar-refractivity contribution in [3.63, 3.8) is 0 Å². The van der Waals surface area contributed by atoms with Crippen LogP contribution in [0, 0.1) is 0 Å². The number of aliphatic hydroxyl groups is 3. The van der Waals surface area contributed by atoms with Crippen molar-refractivity contribution in [2.75, 3.05) is 6.61 Å². The summed E-state index contributed by atoms with van der Waals surface area (Å²) in [6.45, 7) is 1.69. The smallest absolute Gasteiger partial charge is 0.225 e. The Bertz CT molecular complexity index is 394. The summed E-state index contributed by atoms with van der Waals surface area (Å²) in [7, 11) is 0. The van der Waals surface area contributed by atoms with Gasteiger partial charge in [0.05, 0.1) is 6.61 Å². The van der Waals surface area contributed by atoms with Crippen LogP contribution in [0.25, 0.3) is 0 Å². The monoisotopic (exact) mass is 310 g/mol. The highest BCUT2D eigenvalue weighted by Crippen LogP contribution is 2.22. The lowest BCUT2D eigenvalue weighted by Gasteiger charge is -2.19. The van der Waals surface area contributed by atoms with E-state index in [0.29, 0.717) is 5.75 Å². The fourth-order valence-electron chi connectivity index (χ4n) is 2.40. The molecule has 1 aromatic rings. The number of benzene rings is 1. The number of hydrogen-bond acceptors (Lipinski definition) is 4. The number of ether oxygens (including phenoxy) is 1. The maximum atomic E-state index is 9.66. The summed E-state index contributed by atoms with van der Waals surface area (Å²) in [5.41, 5.74) is 1.03. The van der Waals surface area contributed by atoms with Gasteiger partial charge in [-0.2, -0.15) is 0 Å². The predicted octanol–water partition coefficient (Wildman–Crippen LogP) is 3.03. The zero-order chi connectivity index (χ0) is 16.2. The first-order valence-corrected chi connectivity index (χ1v) is 8.40. The largest absolute Gasteiger partial charge is 0.462 e. The van der Waals surface area contributed by atoms with Gasteiger partial charge in [0.2, 0.25) is 6.29 Å². The van der Waals surface area contributed by atoms with Crippen LogP contribution in [0.3, 0.4) is 0 Å². The van der Waals surface area contributed by atoms with E-state index >= 15 is 0 Å². The summed E-state index contributed by atoms with van der Waals surface area (Å²) in [4.78, 5) is 0. The second kappa shape index (κ2) is 11.5. The summed E-state index contributed by atoms with van der Waals surface area (Å²) in [6, 6.07) is 7.54. The normalized spacial score (nSPS) is 13.8. The van der Waals surface area contributed by atoms with Crippen LogP contribution < -0.4 is 4.74 Å². The Kier molecular flexibility index (Phi) is 9.87. The Morgan fingerprint density at radius 3 is 2.27 bits per heavy atom. The standard InChI is InChI=1S/C18H30O4/c1-2-3-4-5-6-7-8-11-15-12-9-10-13-17(15)22-18(21)16(20)14-19/h9-10,12-13,16,18-21H,2-8,11,14H2,1H3. The van der Waals surface area contributed by atoms with E-state index in [1.54, 1.807) is 6.07 Å². The minimum Gasteiger partial charge on any atom is -0.462 e. The molecule has 1 rings (SSSR count). The van der Waals surface area contributed by atoms with Crippen molar-refractivity contribution in [1.29, 1.82) is 0 Å². The van der Waals surface area contributed by atoms with Crippen LogP contribution in [-0.4, -0.2) is 34.3 Å². The fraction of sp³-hybridized carbons (Fsp3) is 0.667. The molecule has 2 unspecified atom stereocenters. The molecule has 1 aromatic carbocycles. The minimum atomic E-state index is -1.40. The van der Waals surface area contributed by atoms with E-state index in [4.69, 9.17) is 9.84 Å². The predicted molar refractivity (Wildman–Crippen MR) is 87.9 cm³/mol. The van der Waals surface area contributed by atoms with Crippen molar-refractivity contribution in [2.45, 2.75) is 70.7 Å². The molecular formula is C18H30O4. The van der Waals surface area contributed by atoms with Crippen molar-refractivity contribution < 1.29 is 20.1 Å². The fourth-order valence-corrected chi connectivity index (χ4v) is 2.40. The highest BCUT2D eigenvalue weighted by atomic mass is 16.6. The Hall–Kier alpha value is -1.10. The van der Waals surface area contributed by atoms with Crippen LogP contribution in [0.5, 0.6) is 5.75 Å². The number of aliphatic hydroxyl groups excluding tert-OH is 3. The maximum Gasteiger partial charge on any atom is 0.225 e. The van der Waals surface area contributed by atoms with Crippen LogP contribution in [0.4, 0.5) is 0 Å². The van der Waals surface area contributed by atoms with E-state index in [1.807, 2.05) is 18.2 Å². The molecule has 2 atom stereocenters. The van der Waals surface area contributed by atoms with Gasteiger partial charge >= 0.3 is 0 Å². The molecule has 22 heavy (non-hydrogen) atoms. The minimum absolute atomic E-state index is 0.527. The van der Waals surface area contributed by atoms with Gasteiger partial charge in [0, 0.05) is 0 Å². The van der Waals surface area contributed by atoms with Crippen LogP contribution in [0.1, 0.15) is 57.4 Å². The summed E-state index contributed by atoms with van der Waals surface area (Å²) < 4.78 is 5.35. The summed E-state index contributed by atoms with van der Waals surface area (Å²) >= 11 is 0. The molecule has 0 bridgehead atoms. The van der Waals surface area contributed by atoms with Gasteiger partial charge in [-0.1, -0.05) is 63.6 Å². The summed E-state index contributed by atoms with van der Waals surface area (Å²) in [5.74, 6) is 0.577. The van der Waals surface area contributed by atoms with E-state index in [9.17, 15) is 10.2 Å². The Morgan fingerprint density at radius 2 is 1.59 bits per heavy atom. The van der Waals surface area contributed by atoms with Crippen LogP contribution in [-0.2, 0) is 6.42 Å². The van der Waals surface area contributed by atoms with E-state index in [2.05, 4.69) is 6.92 Å². The van der Waals surface area contributed by atoms with Gasteiger partial charge in [-0.15, -0.1) is 0 Å². The Balaban J connectivity index is 2.37. The third-order valence-corrected chi connectivity index (χ3v) is 3.79. The second-order valence-electron chi connectivity index (χ2n) is 5.74. The molecule has 0 spiro atoms. The third-order valence-electron chi connectivity index (χ3n) is 3.79. The van der Waals surface area contributed by atoms with Gasteiger partial charge in [-0.3, -0.25) is 0 Å². The molecule has 0 aliphatic heterocycles. The molecule has 0 aromatic heterocycles. The van der Waals surface area contributed by atoms with Gasteiger partial charge < -0.3 is 20.1 Å². The van der Waals surface area contributed by atoms with Crippen molar-refractivity contribution in [3.8, 4) is 5.75 Å². The van der Waals surface area contributed by atoms with E-state index in [0.717, 1.165) is 18.4 Å². The van der Waals surface area contributed by atoms with E-state index in [-0.39, 0.29) is 0 Å². The number of para-hydroxylation sites is 1. The van der Waals surface area contributed by atoms with Gasteiger partial charge in [0.15, 0.2) is 0 Å². The van der Waals surface area contributed by atoms with Gasteiger partial charge in [-0.25, -0.2) is 0 Å². The lowest BCUT2D eigenvalue weighted by molar-refractivity contribution is -0.118. The molecule has 3 N–H and O–H groups in total. The average molecular weight is 310 g/mol. The zero-order valence-corrected chi connectivity index (χ0v) is 13.6. The number of hydrogen-bond donors (Lipinski definition) is 3. The lowest BCUT2D eigenvalue weighted by atomic mass is 10.0. The molecular weight excluding hydrogens is 280 g/mol. The van der Waals surface area contributed by atoms with Crippen LogP contribution in [0.15, 0.2) is 24.3 Å². The average Bonchev–Trinajstić information content (AvgIpc) is 2.54. The number of rotatable bonds is 12. The third kappa shape index (κ3) is 7.25. The molecule has 0 fully saturated rings. The summed E-state index contributed by atoms with van der Waals surface area (Å²) in [5, 5.41) is 27.9. The Morgan fingerprint density at radius 1 is 0.955 bits per heavy atom. The molecule has 126 valence electrons. The molecule has 0 heterocycles. The van der Waals surface area contributed by atoms with Crippen molar-refractivity contribution in [2.24, 2.45) is 0 Å². The highest BCUT2D eigenvalue weighted by molar-refractivity contribution is 5.33. The number of aryl methyl sites for hydroxylation is 1. The first-order chi connectivity index (χ1) is 10.7. The molecule has 0 saturated carbocycles. The van der Waals surface area contributed by atoms with Crippen LogP contribution >= 0.6 is 0 Å². The molecule has 4 heteroatoms.